The Morgan fingerprint density at radius 2 is 1.89 bits per heavy atom. The molecule has 0 aliphatic carbocycles. The fraction of sp³-hybridized carbons (Fsp3) is 0.0833. The van der Waals surface area contributed by atoms with Crippen molar-refractivity contribution in [2.45, 2.75) is 6.54 Å². The van der Waals surface area contributed by atoms with Crippen LogP contribution in [0.1, 0.15) is 15.9 Å². The van der Waals surface area contributed by atoms with Gasteiger partial charge in [0.1, 0.15) is 12.4 Å². The molecule has 0 aliphatic rings. The van der Waals surface area contributed by atoms with E-state index in [0.717, 1.165) is 16.4 Å². The van der Waals surface area contributed by atoms with E-state index in [0.29, 0.717) is 11.4 Å². The van der Waals surface area contributed by atoms with Gasteiger partial charge < -0.3 is 9.47 Å². The molecule has 1 heterocycles. The van der Waals surface area contributed by atoms with Gasteiger partial charge in [-0.3, -0.25) is 4.79 Å². The van der Waals surface area contributed by atoms with E-state index in [2.05, 4.69) is 25.9 Å². The number of aromatic nitrogens is 4. The Morgan fingerprint density at radius 1 is 1.06 bits per heavy atom. The minimum absolute atomic E-state index is 0.0677. The van der Waals surface area contributed by atoms with Gasteiger partial charge in [0.05, 0.1) is 18.9 Å². The summed E-state index contributed by atoms with van der Waals surface area (Å²) in [5.74, 6) is -0.914. The first kappa shape index (κ1) is 23.2. The number of methoxy groups -OCH3 is 1. The van der Waals surface area contributed by atoms with Crippen LogP contribution < -0.4 is 14.9 Å². The molecule has 0 saturated carbocycles. The molecule has 4 aromatic rings. The van der Waals surface area contributed by atoms with Gasteiger partial charge in [-0.05, 0) is 47.2 Å². The number of halogens is 1. The van der Waals surface area contributed by atoms with Crippen molar-refractivity contribution in [1.29, 1.82) is 0 Å². The van der Waals surface area contributed by atoms with Crippen molar-refractivity contribution in [1.82, 2.24) is 25.6 Å². The predicted octanol–water partition coefficient (Wildman–Crippen LogP) is 2.86. The van der Waals surface area contributed by atoms with Crippen LogP contribution in [0, 0.1) is 5.82 Å². The van der Waals surface area contributed by atoms with Crippen molar-refractivity contribution in [3.05, 3.63) is 89.7 Å². The van der Waals surface area contributed by atoms with Crippen molar-refractivity contribution in [2.24, 2.45) is 5.10 Å². The fourth-order valence-electron chi connectivity index (χ4n) is 2.98. The average Bonchev–Trinajstić information content (AvgIpc) is 3.33. The quantitative estimate of drug-likeness (QED) is 0.180. The Hall–Kier alpha value is -4.93. The SMILES string of the molecule is COc1cc(C=NNC(=O)Cn2nnc(-c3ccccc3)n2)ccc1OC(=O)c1cccc(F)c1. The highest BCUT2D eigenvalue weighted by atomic mass is 19.1. The average molecular weight is 474 g/mol. The molecule has 11 heteroatoms. The van der Waals surface area contributed by atoms with Crippen LogP contribution in [0.4, 0.5) is 4.39 Å². The molecule has 1 aromatic heterocycles. The molecule has 0 radical (unpaired) electrons. The summed E-state index contributed by atoms with van der Waals surface area (Å²) in [6.45, 7) is -0.171. The van der Waals surface area contributed by atoms with Crippen LogP contribution in [0.3, 0.4) is 0 Å². The highest BCUT2D eigenvalue weighted by molar-refractivity contribution is 5.91. The summed E-state index contributed by atoms with van der Waals surface area (Å²) in [6.07, 6.45) is 1.39. The standard InChI is InChI=1S/C24H19FN6O4/c1-34-21-12-16(10-11-20(21)35-24(33)18-8-5-9-19(25)13-18)14-26-27-22(32)15-31-29-23(28-30-31)17-6-3-2-4-7-17/h2-14H,15H2,1H3,(H,27,32). The topological polar surface area (TPSA) is 121 Å². The molecule has 4 rings (SSSR count). The first-order valence-electron chi connectivity index (χ1n) is 10.3. The number of esters is 1. The third kappa shape index (κ3) is 6.11. The molecule has 0 unspecified atom stereocenters. The van der Waals surface area contributed by atoms with Crippen molar-refractivity contribution < 1.29 is 23.5 Å². The summed E-state index contributed by atoms with van der Waals surface area (Å²) in [6, 6.07) is 19.1. The zero-order valence-electron chi connectivity index (χ0n) is 18.5. The first-order valence-corrected chi connectivity index (χ1v) is 10.3. The summed E-state index contributed by atoms with van der Waals surface area (Å²) in [7, 11) is 1.41. The zero-order chi connectivity index (χ0) is 24.6. The Morgan fingerprint density at radius 3 is 2.66 bits per heavy atom. The third-order valence-electron chi connectivity index (χ3n) is 4.62. The number of carbonyl (C=O) groups excluding carboxylic acids is 2. The fourth-order valence-corrected chi connectivity index (χ4v) is 2.98. The number of rotatable bonds is 8. The van der Waals surface area contributed by atoms with E-state index in [-0.39, 0.29) is 23.6 Å². The summed E-state index contributed by atoms with van der Waals surface area (Å²) >= 11 is 0. The van der Waals surface area contributed by atoms with E-state index in [4.69, 9.17) is 9.47 Å². The molecule has 0 fully saturated rings. The van der Waals surface area contributed by atoms with Crippen LogP contribution >= 0.6 is 0 Å². The molecule has 176 valence electrons. The monoisotopic (exact) mass is 474 g/mol. The maximum atomic E-state index is 13.3. The van der Waals surface area contributed by atoms with Crippen LogP contribution in [0.5, 0.6) is 11.5 Å². The van der Waals surface area contributed by atoms with Gasteiger partial charge in [0.2, 0.25) is 5.82 Å². The Labute approximate surface area is 199 Å². The predicted molar refractivity (Wildman–Crippen MR) is 123 cm³/mol. The molecule has 0 saturated heterocycles. The normalized spacial score (nSPS) is 10.8. The van der Waals surface area contributed by atoms with Crippen LogP contribution in [-0.4, -0.2) is 45.4 Å². The number of carbonyl (C=O) groups is 2. The van der Waals surface area contributed by atoms with Crippen LogP contribution in [-0.2, 0) is 11.3 Å². The van der Waals surface area contributed by atoms with E-state index >= 15 is 0 Å². The number of hydrogen-bond acceptors (Lipinski definition) is 8. The highest BCUT2D eigenvalue weighted by Crippen LogP contribution is 2.28. The zero-order valence-corrected chi connectivity index (χ0v) is 18.5. The summed E-state index contributed by atoms with van der Waals surface area (Å²) < 4.78 is 23.9. The number of hydrogen-bond donors (Lipinski definition) is 1. The second kappa shape index (κ2) is 10.8. The summed E-state index contributed by atoms with van der Waals surface area (Å²) in [4.78, 5) is 25.6. The number of nitrogens with zero attached hydrogens (tertiary/aromatic N) is 5. The Balaban J connectivity index is 1.34. The van der Waals surface area contributed by atoms with Crippen molar-refractivity contribution in [2.75, 3.05) is 7.11 Å². The lowest BCUT2D eigenvalue weighted by Gasteiger charge is -2.10. The lowest BCUT2D eigenvalue weighted by molar-refractivity contribution is -0.122. The van der Waals surface area contributed by atoms with Gasteiger partial charge >= 0.3 is 5.97 Å². The van der Waals surface area contributed by atoms with Crippen molar-refractivity contribution in [3.63, 3.8) is 0 Å². The van der Waals surface area contributed by atoms with E-state index in [1.54, 1.807) is 12.1 Å². The van der Waals surface area contributed by atoms with Gasteiger partial charge in [-0.15, -0.1) is 10.2 Å². The van der Waals surface area contributed by atoms with Crippen LogP contribution in [0.15, 0.2) is 77.9 Å². The second-order valence-corrected chi connectivity index (χ2v) is 7.11. The first-order chi connectivity index (χ1) is 17.0. The van der Waals surface area contributed by atoms with Gasteiger partial charge in [0.15, 0.2) is 11.5 Å². The molecule has 35 heavy (non-hydrogen) atoms. The van der Waals surface area contributed by atoms with Gasteiger partial charge in [-0.25, -0.2) is 14.6 Å². The maximum absolute atomic E-state index is 13.3. The minimum Gasteiger partial charge on any atom is -0.493 e. The van der Waals surface area contributed by atoms with Gasteiger partial charge in [0.25, 0.3) is 5.91 Å². The molecule has 0 atom stereocenters. The Kier molecular flexibility index (Phi) is 7.16. The van der Waals surface area contributed by atoms with Crippen molar-refractivity contribution in [3.8, 4) is 22.9 Å². The molecule has 0 aliphatic heterocycles. The highest BCUT2D eigenvalue weighted by Gasteiger charge is 2.14. The van der Waals surface area contributed by atoms with E-state index in [1.807, 2.05) is 30.3 Å². The minimum atomic E-state index is -0.728. The molecule has 1 N–H and O–H groups in total. The lowest BCUT2D eigenvalue weighted by atomic mass is 10.2. The summed E-state index contributed by atoms with van der Waals surface area (Å²) in [5, 5.41) is 15.9. The summed E-state index contributed by atoms with van der Waals surface area (Å²) in [5.41, 5.74) is 3.80. The van der Waals surface area contributed by atoms with Crippen LogP contribution in [0.2, 0.25) is 0 Å². The van der Waals surface area contributed by atoms with E-state index < -0.39 is 17.7 Å². The number of tetrazole rings is 1. The number of benzene rings is 3. The maximum Gasteiger partial charge on any atom is 0.343 e. The third-order valence-corrected chi connectivity index (χ3v) is 4.62. The molecule has 1 amide bonds. The second-order valence-electron chi connectivity index (χ2n) is 7.11. The van der Waals surface area contributed by atoms with Gasteiger partial charge in [-0.1, -0.05) is 36.4 Å². The lowest BCUT2D eigenvalue weighted by Crippen LogP contribution is -2.24. The van der Waals surface area contributed by atoms with Gasteiger partial charge in [-0.2, -0.15) is 9.90 Å². The molecule has 0 spiro atoms. The molecular weight excluding hydrogens is 455 g/mol. The molecule has 10 nitrogen and oxygen atoms in total. The molecular formula is C24H19FN6O4. The van der Waals surface area contributed by atoms with Gasteiger partial charge in [0, 0.05) is 5.56 Å². The number of ether oxygens (including phenoxy) is 2. The Bertz CT molecular complexity index is 1370. The smallest absolute Gasteiger partial charge is 0.343 e. The van der Waals surface area contributed by atoms with E-state index in [1.165, 1.54) is 37.6 Å². The number of hydrazone groups is 1. The van der Waals surface area contributed by atoms with E-state index in [9.17, 15) is 14.0 Å². The number of amides is 1. The van der Waals surface area contributed by atoms with Crippen molar-refractivity contribution >= 4 is 18.1 Å². The number of nitrogens with one attached hydrogen (secondary N) is 1. The van der Waals surface area contributed by atoms with Crippen LogP contribution in [0.25, 0.3) is 11.4 Å². The largest absolute Gasteiger partial charge is 0.493 e. The molecule has 0 bridgehead atoms. The molecule has 3 aromatic carbocycles.